The summed E-state index contributed by atoms with van der Waals surface area (Å²) in [7, 11) is 3.68. The highest BCUT2D eigenvalue weighted by molar-refractivity contribution is 5.94. The predicted molar refractivity (Wildman–Crippen MR) is 118 cm³/mol. The molecule has 4 aromatic rings. The summed E-state index contributed by atoms with van der Waals surface area (Å²) in [6.45, 7) is 4.23. The fourth-order valence-electron chi connectivity index (χ4n) is 4.06. The fourth-order valence-corrected chi connectivity index (χ4v) is 4.06. The van der Waals surface area contributed by atoms with Gasteiger partial charge in [0.05, 0.1) is 6.20 Å². The molecule has 0 unspecified atom stereocenters. The molecule has 1 aliphatic heterocycles. The van der Waals surface area contributed by atoms with Crippen LogP contribution in [0.3, 0.4) is 0 Å². The molecule has 4 aromatic heterocycles. The summed E-state index contributed by atoms with van der Waals surface area (Å²) >= 11 is 0. The summed E-state index contributed by atoms with van der Waals surface area (Å²) in [6, 6.07) is 9.82. The summed E-state index contributed by atoms with van der Waals surface area (Å²) in [6.07, 6.45) is 3.91. The van der Waals surface area contributed by atoms with Crippen LogP contribution in [0.5, 0.6) is 0 Å². The highest BCUT2D eigenvalue weighted by atomic mass is 16.2. The molecule has 1 aliphatic rings. The number of carbonyl (C=O) groups excluding carboxylic acids is 1. The van der Waals surface area contributed by atoms with E-state index in [1.807, 2.05) is 48.8 Å². The molecule has 5 rings (SSSR count). The lowest BCUT2D eigenvalue weighted by Gasteiger charge is -2.18. The number of amides is 1. The average molecular weight is 416 g/mol. The molecule has 31 heavy (non-hydrogen) atoms. The van der Waals surface area contributed by atoms with Gasteiger partial charge in [0.25, 0.3) is 0 Å². The van der Waals surface area contributed by atoms with Gasteiger partial charge in [0.1, 0.15) is 23.3 Å². The van der Waals surface area contributed by atoms with E-state index in [1.54, 1.807) is 22.0 Å². The van der Waals surface area contributed by atoms with E-state index in [9.17, 15) is 4.79 Å². The summed E-state index contributed by atoms with van der Waals surface area (Å²) in [5.41, 5.74) is 2.64. The monoisotopic (exact) mass is 416 g/mol. The minimum Gasteiger partial charge on any atom is -0.325 e. The first-order valence-electron chi connectivity index (χ1n) is 10.3. The quantitative estimate of drug-likeness (QED) is 0.548. The van der Waals surface area contributed by atoms with Gasteiger partial charge < -0.3 is 10.2 Å². The van der Waals surface area contributed by atoms with Crippen LogP contribution in [0, 0.1) is 5.92 Å². The number of carbonyl (C=O) groups is 1. The number of hydrogen-bond acceptors (Lipinski definition) is 6. The fraction of sp³-hybridized carbons (Fsp3) is 0.318. The Bertz CT molecular complexity index is 1290. The maximum absolute atomic E-state index is 12.9. The van der Waals surface area contributed by atoms with Crippen molar-refractivity contribution in [2.24, 2.45) is 13.0 Å². The van der Waals surface area contributed by atoms with Crippen molar-refractivity contribution < 1.29 is 4.79 Å². The van der Waals surface area contributed by atoms with Gasteiger partial charge in [0.2, 0.25) is 5.91 Å². The lowest BCUT2D eigenvalue weighted by atomic mass is 9.91. The molecule has 0 aliphatic carbocycles. The number of hydrogen-bond donors (Lipinski definition) is 1. The van der Waals surface area contributed by atoms with Gasteiger partial charge in [-0.3, -0.25) is 13.9 Å². The second-order valence-electron chi connectivity index (χ2n) is 8.26. The Morgan fingerprint density at radius 1 is 1.06 bits per heavy atom. The summed E-state index contributed by atoms with van der Waals surface area (Å²) in [5.74, 6) is 3.58. The van der Waals surface area contributed by atoms with Gasteiger partial charge >= 0.3 is 0 Å². The zero-order chi connectivity index (χ0) is 21.7. The maximum Gasteiger partial charge on any atom is 0.228 e. The first-order chi connectivity index (χ1) is 14.9. The van der Waals surface area contributed by atoms with E-state index in [1.165, 1.54) is 0 Å². The summed E-state index contributed by atoms with van der Waals surface area (Å²) in [4.78, 5) is 19.0. The van der Waals surface area contributed by atoms with Crippen LogP contribution in [-0.4, -0.2) is 42.3 Å². The molecule has 5 heterocycles. The Morgan fingerprint density at radius 3 is 2.65 bits per heavy atom. The van der Waals surface area contributed by atoms with Crippen LogP contribution in [0.4, 0.5) is 17.5 Å². The number of rotatable bonds is 4. The molecule has 0 radical (unpaired) electrons. The molecule has 158 valence electrons. The normalized spacial score (nSPS) is 16.2. The Morgan fingerprint density at radius 2 is 1.90 bits per heavy atom. The molecule has 0 saturated heterocycles. The van der Waals surface area contributed by atoms with E-state index in [2.05, 4.69) is 39.4 Å². The minimum atomic E-state index is 0.0349. The van der Waals surface area contributed by atoms with Gasteiger partial charge in [-0.15, -0.1) is 10.2 Å². The van der Waals surface area contributed by atoms with Crippen LogP contribution < -0.4 is 10.2 Å². The van der Waals surface area contributed by atoms with Crippen molar-refractivity contribution in [2.75, 3.05) is 17.3 Å². The van der Waals surface area contributed by atoms with E-state index in [0.29, 0.717) is 12.2 Å². The van der Waals surface area contributed by atoms with E-state index in [0.717, 1.165) is 34.2 Å². The van der Waals surface area contributed by atoms with E-state index >= 15 is 0 Å². The first-order valence-corrected chi connectivity index (χ1v) is 10.3. The van der Waals surface area contributed by atoms with Crippen molar-refractivity contribution >= 4 is 29.0 Å². The molecule has 1 N–H and O–H groups in total. The van der Waals surface area contributed by atoms with Crippen molar-refractivity contribution in [3.05, 3.63) is 48.5 Å². The first kappa shape index (κ1) is 19.2. The molecule has 0 aromatic carbocycles. The Kier molecular flexibility index (Phi) is 4.46. The van der Waals surface area contributed by atoms with Crippen LogP contribution in [0.2, 0.25) is 0 Å². The molecule has 1 amide bonds. The van der Waals surface area contributed by atoms with Crippen molar-refractivity contribution in [2.45, 2.75) is 26.2 Å². The van der Waals surface area contributed by atoms with E-state index < -0.39 is 0 Å². The molecular formula is C22H24N8O. The number of nitrogens with zero attached hydrogens (tertiary/aromatic N) is 7. The second kappa shape index (κ2) is 7.19. The highest BCUT2D eigenvalue weighted by Gasteiger charge is 2.32. The minimum absolute atomic E-state index is 0.0349. The SMILES string of the molecule is CC(C)[C@H]1CC(=O)N(C)c2cc(-c3ccnc(Nc4ccnn4C)c3)cc3nnc1n23. The summed E-state index contributed by atoms with van der Waals surface area (Å²) in [5, 5.41) is 16.4. The zero-order valence-electron chi connectivity index (χ0n) is 17.9. The standard InChI is InChI=1S/C22H24N8O/c1-13(2)16-12-21(31)28(3)20-11-15(10-19-26-27-22(16)30(19)20)14-5-7-23-17(9-14)25-18-6-8-24-29(18)4/h5-11,13,16H,12H2,1-4H3,(H,23,25)/t16-/m1/s1. The molecule has 1 atom stereocenters. The third kappa shape index (κ3) is 3.22. The van der Waals surface area contributed by atoms with Crippen LogP contribution in [-0.2, 0) is 11.8 Å². The van der Waals surface area contributed by atoms with Gasteiger partial charge in [0, 0.05) is 38.7 Å². The van der Waals surface area contributed by atoms with E-state index in [4.69, 9.17) is 0 Å². The largest absolute Gasteiger partial charge is 0.325 e. The molecular weight excluding hydrogens is 392 g/mol. The predicted octanol–water partition coefficient (Wildman–Crippen LogP) is 3.37. The number of pyridine rings is 2. The molecule has 9 heteroatoms. The Labute approximate surface area is 179 Å². The molecule has 0 bridgehead atoms. The molecule has 0 spiro atoms. The number of nitrogens with one attached hydrogen (secondary N) is 1. The Hall–Kier alpha value is -3.75. The average Bonchev–Trinajstić information content (AvgIpc) is 3.34. The highest BCUT2D eigenvalue weighted by Crippen LogP contribution is 2.36. The molecule has 9 nitrogen and oxygen atoms in total. The molecule has 0 saturated carbocycles. The Balaban J connectivity index is 1.61. The van der Waals surface area contributed by atoms with E-state index in [-0.39, 0.29) is 17.7 Å². The van der Waals surface area contributed by atoms with Gasteiger partial charge in [-0.05, 0) is 41.3 Å². The van der Waals surface area contributed by atoms with Gasteiger partial charge in [-0.25, -0.2) is 4.98 Å². The van der Waals surface area contributed by atoms with Crippen LogP contribution in [0.1, 0.15) is 32.0 Å². The topological polar surface area (TPSA) is 93.2 Å². The number of aryl methyl sites for hydroxylation is 1. The van der Waals surface area contributed by atoms with Crippen molar-refractivity contribution in [3.63, 3.8) is 0 Å². The zero-order valence-corrected chi connectivity index (χ0v) is 17.9. The third-order valence-electron chi connectivity index (χ3n) is 5.93. The van der Waals surface area contributed by atoms with Crippen molar-refractivity contribution in [1.29, 1.82) is 0 Å². The lowest BCUT2D eigenvalue weighted by molar-refractivity contribution is -0.118. The van der Waals surface area contributed by atoms with Crippen LogP contribution in [0.25, 0.3) is 16.8 Å². The van der Waals surface area contributed by atoms with Crippen LogP contribution >= 0.6 is 0 Å². The second-order valence-corrected chi connectivity index (χ2v) is 8.26. The lowest BCUT2D eigenvalue weighted by Crippen LogP contribution is -2.27. The van der Waals surface area contributed by atoms with Gasteiger partial charge in [-0.1, -0.05) is 13.8 Å². The van der Waals surface area contributed by atoms with Crippen LogP contribution in [0.15, 0.2) is 42.7 Å². The third-order valence-corrected chi connectivity index (χ3v) is 5.93. The van der Waals surface area contributed by atoms with Crippen molar-refractivity contribution in [1.82, 2.24) is 29.4 Å². The number of aromatic nitrogens is 6. The van der Waals surface area contributed by atoms with Gasteiger partial charge in [-0.2, -0.15) is 5.10 Å². The van der Waals surface area contributed by atoms with Crippen molar-refractivity contribution in [3.8, 4) is 11.1 Å². The maximum atomic E-state index is 12.9. The summed E-state index contributed by atoms with van der Waals surface area (Å²) < 4.78 is 3.76. The molecule has 0 fully saturated rings. The number of anilines is 3. The smallest absolute Gasteiger partial charge is 0.228 e. The van der Waals surface area contributed by atoms with Gasteiger partial charge in [0.15, 0.2) is 5.65 Å².